The lowest BCUT2D eigenvalue weighted by Crippen LogP contribution is -1.88. The van der Waals surface area contributed by atoms with Crippen LogP contribution in [-0.2, 0) is 0 Å². The van der Waals surface area contributed by atoms with Gasteiger partial charge in [0.05, 0.1) is 0 Å². The summed E-state index contributed by atoms with van der Waals surface area (Å²) in [5.74, 6) is 0. The molecule has 0 N–H and O–H groups in total. The van der Waals surface area contributed by atoms with Gasteiger partial charge in [-0.05, 0) is 20.9 Å². The molecule has 2 aromatic carbocycles. The van der Waals surface area contributed by atoms with Crippen molar-refractivity contribution in [3.8, 4) is 25.7 Å². The van der Waals surface area contributed by atoms with Gasteiger partial charge in [0.2, 0.25) is 0 Å². The Balaban J connectivity index is 0.000000291. The van der Waals surface area contributed by atoms with E-state index < -0.39 is 0 Å². The second-order valence-corrected chi connectivity index (χ2v) is 3.09. The molecule has 1 aliphatic carbocycles. The van der Waals surface area contributed by atoms with Crippen LogP contribution in [0.3, 0.4) is 0 Å². The van der Waals surface area contributed by atoms with Crippen LogP contribution in [0.1, 0.15) is 0 Å². The monoisotopic (exact) mass is 204 g/mol. The smallest absolute Gasteiger partial charge is 0.00990 e. The zero-order valence-electron chi connectivity index (χ0n) is 8.93. The van der Waals surface area contributed by atoms with E-state index >= 15 is 0 Å². The van der Waals surface area contributed by atoms with E-state index in [4.69, 9.17) is 0 Å². The van der Waals surface area contributed by atoms with Crippen LogP contribution in [0, 0.1) is 46.6 Å². The maximum absolute atomic E-state index is 4.00. The zero-order chi connectivity index (χ0) is 12.0. The lowest BCUT2D eigenvalue weighted by Gasteiger charge is -2.02. The summed E-state index contributed by atoms with van der Waals surface area (Å²) < 4.78 is 0. The Hall–Kier alpha value is -2.44. The molecule has 1 aliphatic rings. The minimum absolute atomic E-state index is 1.40. The molecule has 0 radical (unpaired) electrons. The third kappa shape index (κ3) is 1.70. The van der Waals surface area contributed by atoms with Crippen LogP contribution in [0.4, 0.5) is 0 Å². The Kier molecular flexibility index (Phi) is 3.96. The zero-order valence-corrected chi connectivity index (χ0v) is 8.93. The minimum atomic E-state index is 1.40. The summed E-state index contributed by atoms with van der Waals surface area (Å²) in [7, 11) is 0. The van der Waals surface area contributed by atoms with E-state index in [9.17, 15) is 0 Å². The van der Waals surface area contributed by atoms with Gasteiger partial charge in [0, 0.05) is 0 Å². The highest BCUT2D eigenvalue weighted by Crippen LogP contribution is 2.11. The van der Waals surface area contributed by atoms with E-state index in [0.717, 1.165) is 0 Å². The summed E-state index contributed by atoms with van der Waals surface area (Å²) in [6.45, 7) is 0. The van der Waals surface area contributed by atoms with E-state index in [2.05, 4.69) is 74.2 Å². The van der Waals surface area contributed by atoms with Crippen molar-refractivity contribution in [2.45, 2.75) is 0 Å². The van der Waals surface area contributed by atoms with Gasteiger partial charge in [0.15, 0.2) is 0 Å². The van der Waals surface area contributed by atoms with Gasteiger partial charge >= 0.3 is 0 Å². The number of hydrogen-bond donors (Lipinski definition) is 0. The third-order valence-corrected chi connectivity index (χ3v) is 2.43. The van der Waals surface area contributed by atoms with Crippen molar-refractivity contribution in [3.63, 3.8) is 0 Å². The van der Waals surface area contributed by atoms with Crippen molar-refractivity contribution in [3.05, 3.63) is 69.4 Å². The van der Waals surface area contributed by atoms with Gasteiger partial charge in [-0.15, -0.1) is 25.7 Å². The number of rotatable bonds is 0. The molecule has 0 fully saturated rings. The number of hydrogen-bond acceptors (Lipinski definition) is 0. The van der Waals surface area contributed by atoms with Crippen molar-refractivity contribution in [1.82, 2.24) is 0 Å². The summed E-state index contributed by atoms with van der Waals surface area (Å²) in [5, 5.41) is 5.59. The molecular weight excluding hydrogens is 192 g/mol. The SMILES string of the molecule is C#C.C#C.c1ccc2c(c1)=c1ccccc1=2. The van der Waals surface area contributed by atoms with Crippen molar-refractivity contribution in [2.24, 2.45) is 0 Å². The van der Waals surface area contributed by atoms with Gasteiger partial charge < -0.3 is 0 Å². The molecule has 0 unspecified atom stereocenters. The maximum atomic E-state index is 4.00. The lowest BCUT2D eigenvalue weighted by atomic mass is 10.0. The summed E-state index contributed by atoms with van der Waals surface area (Å²) in [5.41, 5.74) is 0. The summed E-state index contributed by atoms with van der Waals surface area (Å²) in [6, 6.07) is 17.1. The molecule has 0 heteroatoms. The lowest BCUT2D eigenvalue weighted by molar-refractivity contribution is 1.29. The number of fused-ring (bicyclic) bond motifs is 2. The predicted octanol–water partition coefficient (Wildman–Crippen LogP) is 3.07. The van der Waals surface area contributed by atoms with Crippen LogP contribution in [0.15, 0.2) is 48.5 Å². The largest absolute Gasteiger partial charge is 0.124 e. The molecule has 0 amide bonds. The summed E-state index contributed by atoms with van der Waals surface area (Å²) in [6.07, 6.45) is 16.0. The molecular formula is C16H12. The molecule has 0 atom stereocenters. The average molecular weight is 204 g/mol. The molecule has 0 aliphatic heterocycles. The summed E-state index contributed by atoms with van der Waals surface area (Å²) in [4.78, 5) is 0. The van der Waals surface area contributed by atoms with Gasteiger partial charge in [-0.2, -0.15) is 0 Å². The number of benzene rings is 2. The molecule has 0 saturated carbocycles. The Labute approximate surface area is 95.6 Å². The Morgan fingerprint density at radius 2 is 0.625 bits per heavy atom. The van der Waals surface area contributed by atoms with Crippen LogP contribution in [0.5, 0.6) is 0 Å². The highest BCUT2D eigenvalue weighted by Gasteiger charge is 1.97. The van der Waals surface area contributed by atoms with Crippen LogP contribution in [0.2, 0.25) is 0 Å². The fourth-order valence-electron chi connectivity index (χ4n) is 1.84. The van der Waals surface area contributed by atoms with E-state index in [-0.39, 0.29) is 0 Å². The van der Waals surface area contributed by atoms with Gasteiger partial charge in [-0.25, -0.2) is 0 Å². The van der Waals surface area contributed by atoms with Crippen molar-refractivity contribution in [2.75, 3.05) is 0 Å². The molecule has 0 saturated heterocycles. The molecule has 0 spiro atoms. The average Bonchev–Trinajstić information content (AvgIpc) is 2.40. The van der Waals surface area contributed by atoms with Gasteiger partial charge in [-0.3, -0.25) is 0 Å². The van der Waals surface area contributed by atoms with Gasteiger partial charge in [0.1, 0.15) is 0 Å². The standard InChI is InChI=1S/C12H8.2C2H2/c1-2-6-10-9(5-1)11-7-3-4-8-12(10)11;2*1-2/h1-8H;2*1-2H. The minimum Gasteiger partial charge on any atom is -0.124 e. The van der Waals surface area contributed by atoms with Crippen LogP contribution in [-0.4, -0.2) is 0 Å². The van der Waals surface area contributed by atoms with Crippen LogP contribution >= 0.6 is 0 Å². The fourth-order valence-corrected chi connectivity index (χ4v) is 1.84. The Morgan fingerprint density at radius 1 is 0.438 bits per heavy atom. The molecule has 0 aromatic heterocycles. The highest BCUT2D eigenvalue weighted by molar-refractivity contribution is 5.28. The van der Waals surface area contributed by atoms with Crippen molar-refractivity contribution in [1.29, 1.82) is 0 Å². The third-order valence-electron chi connectivity index (χ3n) is 2.43. The number of terminal acetylenes is 2. The molecule has 0 heterocycles. The topological polar surface area (TPSA) is 0 Å². The van der Waals surface area contributed by atoms with E-state index in [0.29, 0.717) is 0 Å². The molecule has 3 rings (SSSR count). The van der Waals surface area contributed by atoms with Crippen molar-refractivity contribution < 1.29 is 0 Å². The fraction of sp³-hybridized carbons (Fsp3) is 0. The van der Waals surface area contributed by atoms with Crippen LogP contribution in [0.25, 0.3) is 0 Å². The van der Waals surface area contributed by atoms with Gasteiger partial charge in [0.25, 0.3) is 0 Å². The molecule has 2 aromatic rings. The molecule has 76 valence electrons. The molecule has 16 heavy (non-hydrogen) atoms. The molecule has 0 bridgehead atoms. The van der Waals surface area contributed by atoms with Gasteiger partial charge in [-0.1, -0.05) is 48.5 Å². The molecule has 0 nitrogen and oxygen atoms in total. The summed E-state index contributed by atoms with van der Waals surface area (Å²) >= 11 is 0. The van der Waals surface area contributed by atoms with E-state index in [1.165, 1.54) is 20.9 Å². The first-order valence-corrected chi connectivity index (χ1v) is 4.82. The first kappa shape index (κ1) is 11.6. The van der Waals surface area contributed by atoms with Crippen molar-refractivity contribution >= 4 is 0 Å². The maximum Gasteiger partial charge on any atom is -0.00990 e. The predicted molar refractivity (Wildman–Crippen MR) is 68.0 cm³/mol. The quantitative estimate of drug-likeness (QED) is 0.494. The van der Waals surface area contributed by atoms with E-state index in [1.807, 2.05) is 0 Å². The second kappa shape index (κ2) is 5.44. The normalized spacial score (nSPS) is 8.75. The Morgan fingerprint density at radius 3 is 0.812 bits per heavy atom. The Bertz CT molecular complexity index is 547. The van der Waals surface area contributed by atoms with E-state index in [1.54, 1.807) is 0 Å². The first-order valence-electron chi connectivity index (χ1n) is 4.82. The van der Waals surface area contributed by atoms with Crippen LogP contribution < -0.4 is 0 Å². The highest BCUT2D eigenvalue weighted by atomic mass is 14.0. The second-order valence-electron chi connectivity index (χ2n) is 3.09. The first-order chi connectivity index (χ1) is 7.97.